The number of hydrogen-bond acceptors (Lipinski definition) is 4. The number of carbonyl (C=O) groups is 1. The van der Waals surface area contributed by atoms with Gasteiger partial charge in [0, 0.05) is 52.5 Å². The molecular weight excluding hydrogens is 386 g/mol. The lowest BCUT2D eigenvalue weighted by atomic mass is 9.89. The number of rotatable bonds is 6. The van der Waals surface area contributed by atoms with E-state index in [0.29, 0.717) is 19.6 Å². The first kappa shape index (κ1) is 21.2. The molecule has 0 N–H and O–H groups in total. The smallest absolute Gasteiger partial charge is 0.255 e. The first-order valence-corrected chi connectivity index (χ1v) is 10.7. The summed E-state index contributed by atoms with van der Waals surface area (Å²) in [5.74, 6) is 0.0112. The summed E-state index contributed by atoms with van der Waals surface area (Å²) < 4.78 is 6.26. The molecule has 160 valence electrons. The van der Waals surface area contributed by atoms with Crippen LogP contribution in [0, 0.1) is 0 Å². The summed E-state index contributed by atoms with van der Waals surface area (Å²) in [6.45, 7) is 2.66. The van der Waals surface area contributed by atoms with Gasteiger partial charge in [-0.1, -0.05) is 54.6 Å². The number of ether oxygens (including phenoxy) is 1. The molecule has 1 unspecified atom stereocenters. The van der Waals surface area contributed by atoms with E-state index in [2.05, 4.69) is 46.3 Å². The van der Waals surface area contributed by atoms with E-state index >= 15 is 0 Å². The average molecular weight is 416 g/mol. The van der Waals surface area contributed by atoms with Crippen LogP contribution in [0.5, 0.6) is 0 Å². The number of likely N-dealkylation sites (N-methyl/N-ethyl adjacent to an activating group) is 1. The Morgan fingerprint density at radius 3 is 2.48 bits per heavy atom. The first-order chi connectivity index (χ1) is 15.1. The molecule has 31 heavy (non-hydrogen) atoms. The Labute approximate surface area is 184 Å². The van der Waals surface area contributed by atoms with Crippen molar-refractivity contribution < 1.29 is 9.53 Å². The normalized spacial score (nSPS) is 19.2. The lowest BCUT2D eigenvalue weighted by Crippen LogP contribution is -2.60. The predicted octanol–water partition coefficient (Wildman–Crippen LogP) is 3.65. The fourth-order valence-electron chi connectivity index (χ4n) is 4.28. The highest BCUT2D eigenvalue weighted by atomic mass is 16.5. The van der Waals surface area contributed by atoms with E-state index in [-0.39, 0.29) is 5.91 Å². The Hall–Kier alpha value is -3.02. The maximum Gasteiger partial charge on any atom is 0.255 e. The minimum Gasteiger partial charge on any atom is -0.362 e. The van der Waals surface area contributed by atoms with Crippen LogP contribution in [-0.4, -0.2) is 60.1 Å². The number of benzene rings is 2. The Balaban J connectivity index is 1.60. The molecule has 1 fully saturated rings. The van der Waals surface area contributed by atoms with E-state index in [1.165, 1.54) is 11.1 Å². The second-order valence-electron chi connectivity index (χ2n) is 8.35. The van der Waals surface area contributed by atoms with Gasteiger partial charge in [-0.3, -0.25) is 14.7 Å². The van der Waals surface area contributed by atoms with Crippen molar-refractivity contribution in [3.8, 4) is 11.1 Å². The average Bonchev–Trinajstić information content (AvgIpc) is 2.80. The standard InChI is InChI=1S/C26H29N3O2/c1-28(2)25(30)26(20-29(15-16-31-26)19-21-11-13-27-14-12-21)18-22-7-6-10-24(17-22)23-8-4-3-5-9-23/h3-14,17H,15-16,18-20H2,1-2H3. The van der Waals surface area contributed by atoms with Crippen LogP contribution in [0.25, 0.3) is 11.1 Å². The molecule has 2 heterocycles. The van der Waals surface area contributed by atoms with Gasteiger partial charge in [0.1, 0.15) is 0 Å². The number of amides is 1. The molecule has 2 aromatic carbocycles. The van der Waals surface area contributed by atoms with E-state index in [0.717, 1.165) is 24.2 Å². The zero-order valence-corrected chi connectivity index (χ0v) is 18.2. The largest absolute Gasteiger partial charge is 0.362 e. The quantitative estimate of drug-likeness (QED) is 0.617. The number of morpholine rings is 1. The molecule has 5 heteroatoms. The second-order valence-corrected chi connectivity index (χ2v) is 8.35. The SMILES string of the molecule is CN(C)C(=O)C1(Cc2cccc(-c3ccccc3)c2)CN(Cc2ccncc2)CCO1. The van der Waals surface area contributed by atoms with Gasteiger partial charge in [-0.15, -0.1) is 0 Å². The van der Waals surface area contributed by atoms with E-state index in [1.54, 1.807) is 19.0 Å². The fourth-order valence-corrected chi connectivity index (χ4v) is 4.28. The Morgan fingerprint density at radius 2 is 1.74 bits per heavy atom. The molecule has 1 aliphatic heterocycles. The van der Waals surface area contributed by atoms with E-state index < -0.39 is 5.60 Å². The van der Waals surface area contributed by atoms with Crippen LogP contribution in [0.15, 0.2) is 79.1 Å². The van der Waals surface area contributed by atoms with Gasteiger partial charge >= 0.3 is 0 Å². The third-order valence-corrected chi connectivity index (χ3v) is 5.74. The molecule has 3 aromatic rings. The van der Waals surface area contributed by atoms with Gasteiger partial charge < -0.3 is 9.64 Å². The fraction of sp³-hybridized carbons (Fsp3) is 0.308. The highest BCUT2D eigenvalue weighted by molar-refractivity contribution is 5.86. The van der Waals surface area contributed by atoms with Crippen molar-refractivity contribution in [2.75, 3.05) is 33.8 Å². The predicted molar refractivity (Wildman–Crippen MR) is 122 cm³/mol. The molecule has 0 radical (unpaired) electrons. The minimum atomic E-state index is -0.899. The van der Waals surface area contributed by atoms with Gasteiger partial charge in [0.2, 0.25) is 0 Å². The highest BCUT2D eigenvalue weighted by Gasteiger charge is 2.44. The molecule has 4 rings (SSSR count). The number of pyridine rings is 1. The third-order valence-electron chi connectivity index (χ3n) is 5.74. The molecule has 0 spiro atoms. The topological polar surface area (TPSA) is 45.7 Å². The van der Waals surface area contributed by atoms with Crippen LogP contribution in [0.2, 0.25) is 0 Å². The number of carbonyl (C=O) groups excluding carboxylic acids is 1. The summed E-state index contributed by atoms with van der Waals surface area (Å²) in [6, 6.07) is 22.8. The first-order valence-electron chi connectivity index (χ1n) is 10.7. The van der Waals surface area contributed by atoms with Gasteiger partial charge in [-0.2, -0.15) is 0 Å². The van der Waals surface area contributed by atoms with Crippen LogP contribution in [-0.2, 0) is 22.5 Å². The highest BCUT2D eigenvalue weighted by Crippen LogP contribution is 2.28. The lowest BCUT2D eigenvalue weighted by Gasteiger charge is -2.43. The molecule has 0 bridgehead atoms. The molecule has 1 saturated heterocycles. The summed E-state index contributed by atoms with van der Waals surface area (Å²) in [5.41, 5.74) is 3.71. The maximum atomic E-state index is 13.3. The monoisotopic (exact) mass is 415 g/mol. The van der Waals surface area contributed by atoms with Gasteiger partial charge in [-0.25, -0.2) is 0 Å². The molecule has 1 aromatic heterocycles. The van der Waals surface area contributed by atoms with Crippen LogP contribution in [0.1, 0.15) is 11.1 Å². The van der Waals surface area contributed by atoms with Crippen molar-refractivity contribution >= 4 is 5.91 Å². The van der Waals surface area contributed by atoms with Gasteiger partial charge in [0.25, 0.3) is 5.91 Å². The summed E-state index contributed by atoms with van der Waals surface area (Å²) in [5, 5.41) is 0. The van der Waals surface area contributed by atoms with E-state index in [9.17, 15) is 4.79 Å². The zero-order valence-electron chi connectivity index (χ0n) is 18.2. The summed E-state index contributed by atoms with van der Waals surface area (Å²) in [7, 11) is 3.60. The van der Waals surface area contributed by atoms with Crippen LogP contribution in [0.4, 0.5) is 0 Å². The van der Waals surface area contributed by atoms with E-state index in [1.807, 2.05) is 42.7 Å². The number of hydrogen-bond donors (Lipinski definition) is 0. The van der Waals surface area contributed by atoms with Crippen molar-refractivity contribution in [3.05, 3.63) is 90.3 Å². The molecule has 1 atom stereocenters. The van der Waals surface area contributed by atoms with Gasteiger partial charge in [0.15, 0.2) is 5.60 Å². The zero-order chi connectivity index (χ0) is 21.7. The summed E-state index contributed by atoms with van der Waals surface area (Å²) >= 11 is 0. The van der Waals surface area contributed by atoms with Crippen LogP contribution in [0.3, 0.4) is 0 Å². The molecule has 0 aliphatic carbocycles. The van der Waals surface area contributed by atoms with Crippen LogP contribution >= 0.6 is 0 Å². The minimum absolute atomic E-state index is 0.0112. The van der Waals surface area contributed by atoms with Crippen molar-refractivity contribution in [2.45, 2.75) is 18.6 Å². The van der Waals surface area contributed by atoms with Crippen molar-refractivity contribution in [1.29, 1.82) is 0 Å². The van der Waals surface area contributed by atoms with Gasteiger partial charge in [-0.05, 0) is 34.4 Å². The Morgan fingerprint density at radius 1 is 1.00 bits per heavy atom. The Kier molecular flexibility index (Phi) is 6.44. The number of aromatic nitrogens is 1. The van der Waals surface area contributed by atoms with E-state index in [4.69, 9.17) is 4.74 Å². The molecule has 5 nitrogen and oxygen atoms in total. The molecular formula is C26H29N3O2. The third kappa shape index (κ3) is 5.01. The molecule has 0 saturated carbocycles. The summed E-state index contributed by atoms with van der Waals surface area (Å²) in [4.78, 5) is 21.4. The van der Waals surface area contributed by atoms with Crippen molar-refractivity contribution in [2.24, 2.45) is 0 Å². The number of nitrogens with zero attached hydrogens (tertiary/aromatic N) is 3. The Bertz CT molecular complexity index is 1010. The second kappa shape index (κ2) is 9.41. The van der Waals surface area contributed by atoms with Crippen LogP contribution < -0.4 is 0 Å². The molecule has 1 aliphatic rings. The lowest BCUT2D eigenvalue weighted by molar-refractivity contribution is -0.169. The van der Waals surface area contributed by atoms with Gasteiger partial charge in [0.05, 0.1) is 6.61 Å². The van der Waals surface area contributed by atoms with Crippen molar-refractivity contribution in [3.63, 3.8) is 0 Å². The maximum absolute atomic E-state index is 13.3. The molecule has 1 amide bonds. The van der Waals surface area contributed by atoms with Crippen molar-refractivity contribution in [1.82, 2.24) is 14.8 Å². The summed E-state index contributed by atoms with van der Waals surface area (Å²) in [6.07, 6.45) is 4.16.